The number of anilines is 1. The Morgan fingerprint density at radius 2 is 1.86 bits per heavy atom. The summed E-state index contributed by atoms with van der Waals surface area (Å²) in [4.78, 5) is 2.47. The van der Waals surface area contributed by atoms with E-state index in [9.17, 15) is 5.11 Å². The van der Waals surface area contributed by atoms with E-state index >= 15 is 0 Å². The smallest absolute Gasteiger partial charge is 0.120 e. The molecule has 0 saturated carbocycles. The number of hydrogen-bond acceptors (Lipinski definition) is 2. The Balaban J connectivity index is 0.00000116. The Labute approximate surface area is 136 Å². The van der Waals surface area contributed by atoms with Crippen molar-refractivity contribution in [2.24, 2.45) is 0 Å². The van der Waals surface area contributed by atoms with Crippen molar-refractivity contribution in [3.05, 3.63) is 29.3 Å². The Morgan fingerprint density at radius 3 is 2.45 bits per heavy atom. The minimum atomic E-state index is -0.939. The van der Waals surface area contributed by atoms with Gasteiger partial charge in [-0.2, -0.15) is 0 Å². The summed E-state index contributed by atoms with van der Waals surface area (Å²) < 4.78 is 0. The molecule has 0 radical (unpaired) electrons. The van der Waals surface area contributed by atoms with Gasteiger partial charge in [0.15, 0.2) is 0 Å². The summed E-state index contributed by atoms with van der Waals surface area (Å²) in [6.07, 6.45) is 3.51. The largest absolute Gasteiger partial charge is 0.378 e. The second-order valence-corrected chi connectivity index (χ2v) is 6.36. The van der Waals surface area contributed by atoms with Crippen molar-refractivity contribution in [2.45, 2.75) is 72.4 Å². The van der Waals surface area contributed by atoms with Gasteiger partial charge in [-0.3, -0.25) is 0 Å². The molecule has 1 aliphatic rings. The van der Waals surface area contributed by atoms with Crippen LogP contribution in [0, 0.1) is 11.8 Å². The zero-order valence-electron chi connectivity index (χ0n) is 15.0. The molecule has 0 spiro atoms. The molecule has 1 N–H and O–H groups in total. The van der Waals surface area contributed by atoms with Gasteiger partial charge >= 0.3 is 0 Å². The third-order valence-corrected chi connectivity index (χ3v) is 3.66. The molecule has 0 saturated heterocycles. The highest BCUT2D eigenvalue weighted by molar-refractivity contribution is 5.62. The second kappa shape index (κ2) is 8.25. The molecule has 1 heterocycles. The predicted octanol–water partition coefficient (Wildman–Crippen LogP) is 4.39. The molecule has 1 aliphatic heterocycles. The van der Waals surface area contributed by atoms with Crippen LogP contribution in [0.3, 0.4) is 0 Å². The maximum absolute atomic E-state index is 9.79. The highest BCUT2D eigenvalue weighted by atomic mass is 16.3. The average molecular weight is 301 g/mol. The molecule has 2 nitrogen and oxygen atoms in total. The van der Waals surface area contributed by atoms with Crippen LogP contribution >= 0.6 is 0 Å². The van der Waals surface area contributed by atoms with Crippen LogP contribution in [0.25, 0.3) is 0 Å². The zero-order valence-corrected chi connectivity index (χ0v) is 15.0. The van der Waals surface area contributed by atoms with Gasteiger partial charge in [0, 0.05) is 23.8 Å². The van der Waals surface area contributed by atoms with Crippen molar-refractivity contribution in [1.29, 1.82) is 0 Å². The van der Waals surface area contributed by atoms with Crippen LogP contribution in [-0.4, -0.2) is 23.3 Å². The van der Waals surface area contributed by atoms with Crippen molar-refractivity contribution >= 4 is 5.69 Å². The van der Waals surface area contributed by atoms with Gasteiger partial charge in [-0.25, -0.2) is 0 Å². The van der Waals surface area contributed by atoms with Crippen LogP contribution in [0.4, 0.5) is 5.69 Å². The van der Waals surface area contributed by atoms with Gasteiger partial charge in [0.05, 0.1) is 0 Å². The monoisotopic (exact) mass is 301 g/mol. The first-order chi connectivity index (χ1) is 10.4. The average Bonchev–Trinajstić information content (AvgIpc) is 2.69. The molecule has 0 fully saturated rings. The van der Waals surface area contributed by atoms with E-state index in [-0.39, 0.29) is 0 Å². The molecule has 0 aliphatic carbocycles. The fraction of sp³-hybridized carbons (Fsp3) is 0.600. The lowest BCUT2D eigenvalue weighted by molar-refractivity contribution is 0.143. The van der Waals surface area contributed by atoms with Crippen molar-refractivity contribution in [3.8, 4) is 11.8 Å². The van der Waals surface area contributed by atoms with Crippen molar-refractivity contribution in [1.82, 2.24) is 0 Å². The van der Waals surface area contributed by atoms with Gasteiger partial charge in [0.1, 0.15) is 5.60 Å². The van der Waals surface area contributed by atoms with E-state index in [0.717, 1.165) is 18.5 Å². The Kier molecular flexibility index (Phi) is 6.97. The van der Waals surface area contributed by atoms with Crippen LogP contribution in [0.15, 0.2) is 18.2 Å². The molecule has 0 unspecified atom stereocenters. The first-order valence-corrected chi connectivity index (χ1v) is 8.52. The minimum absolute atomic E-state index is 0.504. The van der Waals surface area contributed by atoms with Gasteiger partial charge in [-0.1, -0.05) is 31.8 Å². The van der Waals surface area contributed by atoms with E-state index in [1.165, 1.54) is 24.1 Å². The van der Waals surface area contributed by atoms with Crippen molar-refractivity contribution < 1.29 is 5.11 Å². The van der Waals surface area contributed by atoms with Crippen molar-refractivity contribution in [2.75, 3.05) is 11.4 Å². The molecule has 0 aromatic heterocycles. The lowest BCUT2D eigenvalue weighted by Gasteiger charge is -2.29. The number of hydrogen-bond donors (Lipinski definition) is 1. The number of nitrogens with zero attached hydrogens (tertiary/aromatic N) is 1. The molecular formula is C20H31NO. The van der Waals surface area contributed by atoms with E-state index in [2.05, 4.69) is 48.8 Å². The lowest BCUT2D eigenvalue weighted by Crippen LogP contribution is -2.31. The molecular weight excluding hydrogens is 270 g/mol. The number of rotatable bonds is 1. The lowest BCUT2D eigenvalue weighted by atomic mass is 9.99. The maximum Gasteiger partial charge on any atom is 0.120 e. The zero-order chi connectivity index (χ0) is 16.8. The van der Waals surface area contributed by atoms with Crippen LogP contribution < -0.4 is 4.90 Å². The Morgan fingerprint density at radius 1 is 1.18 bits per heavy atom. The topological polar surface area (TPSA) is 23.5 Å². The first kappa shape index (κ1) is 18.6. The summed E-state index contributed by atoms with van der Waals surface area (Å²) in [5.74, 6) is 6.11. The Bertz CT molecular complexity index is 529. The van der Waals surface area contributed by atoms with E-state index in [1.807, 2.05) is 13.8 Å². The van der Waals surface area contributed by atoms with Crippen molar-refractivity contribution in [3.63, 3.8) is 0 Å². The normalized spacial score (nSPS) is 14.3. The molecule has 22 heavy (non-hydrogen) atoms. The highest BCUT2D eigenvalue weighted by Crippen LogP contribution is 2.30. The quantitative estimate of drug-likeness (QED) is 0.778. The number of fused-ring (bicyclic) bond motifs is 1. The van der Waals surface area contributed by atoms with Gasteiger partial charge < -0.3 is 10.0 Å². The highest BCUT2D eigenvalue weighted by Gasteiger charge is 2.19. The summed E-state index contributed by atoms with van der Waals surface area (Å²) in [7, 11) is 0. The fourth-order valence-electron chi connectivity index (χ4n) is 2.68. The van der Waals surface area contributed by atoms with E-state index in [1.54, 1.807) is 13.8 Å². The summed E-state index contributed by atoms with van der Waals surface area (Å²) in [6.45, 7) is 13.0. The van der Waals surface area contributed by atoms with Crippen LogP contribution in [0.1, 0.15) is 65.5 Å². The van der Waals surface area contributed by atoms with Gasteiger partial charge in [0.25, 0.3) is 0 Å². The van der Waals surface area contributed by atoms with E-state index in [4.69, 9.17) is 0 Å². The molecule has 0 amide bonds. The summed E-state index contributed by atoms with van der Waals surface area (Å²) in [6, 6.07) is 6.86. The van der Waals surface area contributed by atoms with E-state index < -0.39 is 5.60 Å². The standard InChI is InChI=1S/C18H25NO.C2H6/c1-14(2)19-13-6-5-9-16-15(8-7-10-17(16)19)11-12-18(3,4)20;1-2/h7-8,10,14,20H,5-6,9,13H2,1-4H3;1-2H3. The molecule has 2 heteroatoms. The molecule has 1 aromatic carbocycles. The maximum atomic E-state index is 9.79. The number of benzene rings is 1. The number of aliphatic hydroxyl groups is 1. The summed E-state index contributed by atoms with van der Waals surface area (Å²) in [5, 5.41) is 9.79. The van der Waals surface area contributed by atoms with Gasteiger partial charge in [-0.15, -0.1) is 0 Å². The molecule has 0 bridgehead atoms. The Hall–Kier alpha value is -1.46. The third kappa shape index (κ3) is 5.07. The molecule has 2 rings (SSSR count). The predicted molar refractivity (Wildman–Crippen MR) is 96.4 cm³/mol. The molecule has 0 atom stereocenters. The van der Waals surface area contributed by atoms with Crippen LogP contribution in [0.5, 0.6) is 0 Å². The molecule has 122 valence electrons. The van der Waals surface area contributed by atoms with Crippen LogP contribution in [0.2, 0.25) is 0 Å². The molecule has 1 aromatic rings. The van der Waals surface area contributed by atoms with Crippen LogP contribution in [-0.2, 0) is 6.42 Å². The minimum Gasteiger partial charge on any atom is -0.378 e. The van der Waals surface area contributed by atoms with Gasteiger partial charge in [-0.05, 0) is 64.7 Å². The summed E-state index contributed by atoms with van der Waals surface area (Å²) >= 11 is 0. The SMILES string of the molecule is CC.CC(C)N1CCCCc2c(C#CC(C)(C)O)cccc21. The van der Waals surface area contributed by atoms with E-state index in [0.29, 0.717) is 6.04 Å². The van der Waals surface area contributed by atoms with Gasteiger partial charge in [0.2, 0.25) is 0 Å². The fourth-order valence-corrected chi connectivity index (χ4v) is 2.68. The third-order valence-electron chi connectivity index (χ3n) is 3.66. The summed E-state index contributed by atoms with van der Waals surface area (Å²) in [5.41, 5.74) is 2.79. The second-order valence-electron chi connectivity index (χ2n) is 6.36. The first-order valence-electron chi connectivity index (χ1n) is 8.52.